The standard InChI is InChI=1S/C15H17N3O3/c1-11-10-13(20)14(15(21)16-8-5-9-19)17-18(11)12-6-3-2-4-7-12/h2-4,6-7,10,19H,5,8-9H2,1H3,(H,16,21). The second-order valence-corrected chi connectivity index (χ2v) is 4.58. The third kappa shape index (κ3) is 3.55. The van der Waals surface area contributed by atoms with Crippen LogP contribution in [0, 0.1) is 6.92 Å². The van der Waals surface area contributed by atoms with Gasteiger partial charge in [0.25, 0.3) is 5.91 Å². The summed E-state index contributed by atoms with van der Waals surface area (Å²) in [5, 5.41) is 15.4. The molecule has 2 N–H and O–H groups in total. The third-order valence-electron chi connectivity index (χ3n) is 2.94. The number of hydrogen-bond donors (Lipinski definition) is 2. The normalized spacial score (nSPS) is 10.4. The average Bonchev–Trinajstić information content (AvgIpc) is 2.48. The molecule has 0 aliphatic carbocycles. The first-order chi connectivity index (χ1) is 10.1. The number of para-hydroxylation sites is 1. The molecule has 2 aromatic rings. The molecule has 0 aliphatic heterocycles. The molecule has 6 nitrogen and oxygen atoms in total. The summed E-state index contributed by atoms with van der Waals surface area (Å²) in [4.78, 5) is 23.9. The van der Waals surface area contributed by atoms with Gasteiger partial charge in [-0.3, -0.25) is 9.59 Å². The molecule has 1 amide bonds. The Morgan fingerprint density at radius 3 is 2.71 bits per heavy atom. The zero-order valence-corrected chi connectivity index (χ0v) is 11.7. The van der Waals surface area contributed by atoms with E-state index < -0.39 is 11.3 Å². The lowest BCUT2D eigenvalue weighted by Gasteiger charge is -2.11. The molecule has 2 rings (SSSR count). The molecule has 0 spiro atoms. The molecule has 110 valence electrons. The Balaban J connectivity index is 2.35. The van der Waals surface area contributed by atoms with Gasteiger partial charge in [0.05, 0.1) is 5.69 Å². The van der Waals surface area contributed by atoms with Crippen molar-refractivity contribution in [3.8, 4) is 5.69 Å². The highest BCUT2D eigenvalue weighted by molar-refractivity contribution is 5.92. The monoisotopic (exact) mass is 287 g/mol. The number of rotatable bonds is 5. The number of aliphatic hydroxyl groups is 1. The zero-order chi connectivity index (χ0) is 15.2. The number of aromatic nitrogens is 2. The van der Waals surface area contributed by atoms with Crippen molar-refractivity contribution in [2.75, 3.05) is 13.2 Å². The molecular formula is C15H17N3O3. The summed E-state index contributed by atoms with van der Waals surface area (Å²) in [6, 6.07) is 10.7. The van der Waals surface area contributed by atoms with Gasteiger partial charge < -0.3 is 10.4 Å². The van der Waals surface area contributed by atoms with Crippen molar-refractivity contribution in [1.29, 1.82) is 0 Å². The number of carbonyl (C=O) groups excluding carboxylic acids is 1. The van der Waals surface area contributed by atoms with E-state index in [4.69, 9.17) is 5.11 Å². The number of aliphatic hydroxyl groups excluding tert-OH is 1. The van der Waals surface area contributed by atoms with Crippen LogP contribution in [-0.2, 0) is 0 Å². The average molecular weight is 287 g/mol. The highest BCUT2D eigenvalue weighted by atomic mass is 16.3. The van der Waals surface area contributed by atoms with E-state index in [1.807, 2.05) is 30.3 Å². The molecule has 0 saturated heterocycles. The van der Waals surface area contributed by atoms with Crippen molar-refractivity contribution in [3.05, 3.63) is 58.0 Å². The molecule has 0 radical (unpaired) electrons. The van der Waals surface area contributed by atoms with Crippen LogP contribution in [0.25, 0.3) is 5.69 Å². The number of benzene rings is 1. The summed E-state index contributed by atoms with van der Waals surface area (Å²) in [5.41, 5.74) is 0.862. The van der Waals surface area contributed by atoms with Gasteiger partial charge in [0.2, 0.25) is 5.43 Å². The Kier molecular flexibility index (Phi) is 4.84. The SMILES string of the molecule is Cc1cc(=O)c(C(=O)NCCCO)nn1-c1ccccc1. The summed E-state index contributed by atoms with van der Waals surface area (Å²) in [7, 11) is 0. The Bertz CT molecular complexity index is 680. The number of nitrogens with one attached hydrogen (secondary N) is 1. The predicted molar refractivity (Wildman–Crippen MR) is 78.6 cm³/mol. The van der Waals surface area contributed by atoms with Crippen LogP contribution >= 0.6 is 0 Å². The van der Waals surface area contributed by atoms with Crippen LogP contribution in [0.2, 0.25) is 0 Å². The molecule has 0 fully saturated rings. The number of aryl methyl sites for hydroxylation is 1. The van der Waals surface area contributed by atoms with E-state index in [-0.39, 0.29) is 12.3 Å². The summed E-state index contributed by atoms with van der Waals surface area (Å²) in [5.74, 6) is -0.530. The zero-order valence-electron chi connectivity index (χ0n) is 11.7. The highest BCUT2D eigenvalue weighted by Crippen LogP contribution is 2.07. The minimum absolute atomic E-state index is 0.0180. The maximum atomic E-state index is 12.0. The van der Waals surface area contributed by atoms with Crippen LogP contribution in [-0.4, -0.2) is 33.9 Å². The summed E-state index contributed by atoms with van der Waals surface area (Å²) < 4.78 is 1.56. The summed E-state index contributed by atoms with van der Waals surface area (Å²) >= 11 is 0. The third-order valence-corrected chi connectivity index (χ3v) is 2.94. The molecule has 0 saturated carbocycles. The van der Waals surface area contributed by atoms with Crippen LogP contribution in [0.4, 0.5) is 0 Å². The maximum Gasteiger partial charge on any atom is 0.275 e. The molecule has 1 aromatic heterocycles. The highest BCUT2D eigenvalue weighted by Gasteiger charge is 2.14. The fourth-order valence-electron chi connectivity index (χ4n) is 1.90. The minimum Gasteiger partial charge on any atom is -0.396 e. The van der Waals surface area contributed by atoms with Crippen molar-refractivity contribution in [2.24, 2.45) is 0 Å². The van der Waals surface area contributed by atoms with Crippen molar-refractivity contribution < 1.29 is 9.90 Å². The van der Waals surface area contributed by atoms with Gasteiger partial charge in [0.1, 0.15) is 0 Å². The van der Waals surface area contributed by atoms with Gasteiger partial charge in [-0.05, 0) is 25.5 Å². The predicted octanol–water partition coefficient (Wildman–Crippen LogP) is 0.653. The van der Waals surface area contributed by atoms with E-state index in [1.54, 1.807) is 11.6 Å². The molecule has 0 atom stereocenters. The largest absolute Gasteiger partial charge is 0.396 e. The van der Waals surface area contributed by atoms with Crippen molar-refractivity contribution in [2.45, 2.75) is 13.3 Å². The molecule has 0 unspecified atom stereocenters. The van der Waals surface area contributed by atoms with E-state index in [1.165, 1.54) is 6.07 Å². The lowest BCUT2D eigenvalue weighted by Crippen LogP contribution is -2.32. The van der Waals surface area contributed by atoms with Gasteiger partial charge in [0.15, 0.2) is 5.69 Å². The smallest absolute Gasteiger partial charge is 0.275 e. The molecule has 0 bridgehead atoms. The topological polar surface area (TPSA) is 84.2 Å². The molecule has 0 aliphatic rings. The molecular weight excluding hydrogens is 270 g/mol. The van der Waals surface area contributed by atoms with Gasteiger partial charge in [-0.25, -0.2) is 4.68 Å². The van der Waals surface area contributed by atoms with Gasteiger partial charge >= 0.3 is 0 Å². The number of hydrogen-bond acceptors (Lipinski definition) is 4. The van der Waals surface area contributed by atoms with Gasteiger partial charge in [-0.1, -0.05) is 18.2 Å². The molecule has 6 heteroatoms. The molecule has 1 heterocycles. The Morgan fingerprint density at radius 1 is 1.33 bits per heavy atom. The van der Waals surface area contributed by atoms with E-state index in [9.17, 15) is 9.59 Å². The molecule has 1 aromatic carbocycles. The Morgan fingerprint density at radius 2 is 2.05 bits per heavy atom. The fourth-order valence-corrected chi connectivity index (χ4v) is 1.90. The maximum absolute atomic E-state index is 12.0. The first-order valence-electron chi connectivity index (χ1n) is 6.69. The van der Waals surface area contributed by atoms with Crippen LogP contribution in [0.15, 0.2) is 41.2 Å². The van der Waals surface area contributed by atoms with Crippen molar-refractivity contribution >= 4 is 5.91 Å². The quantitative estimate of drug-likeness (QED) is 0.791. The number of amides is 1. The Labute approximate surface area is 122 Å². The Hall–Kier alpha value is -2.47. The van der Waals surface area contributed by atoms with Crippen molar-refractivity contribution in [3.63, 3.8) is 0 Å². The fraction of sp³-hybridized carbons (Fsp3) is 0.267. The number of carbonyl (C=O) groups is 1. The first kappa shape index (κ1) is 14.9. The van der Waals surface area contributed by atoms with Crippen molar-refractivity contribution in [1.82, 2.24) is 15.1 Å². The lowest BCUT2D eigenvalue weighted by atomic mass is 10.2. The lowest BCUT2D eigenvalue weighted by molar-refractivity contribution is 0.0943. The van der Waals surface area contributed by atoms with Crippen LogP contribution in [0.1, 0.15) is 22.6 Å². The summed E-state index contributed by atoms with van der Waals surface area (Å²) in [6.45, 7) is 2.04. The van der Waals surface area contributed by atoms with E-state index >= 15 is 0 Å². The number of nitrogens with zero attached hydrogens (tertiary/aromatic N) is 2. The van der Waals surface area contributed by atoms with E-state index in [2.05, 4.69) is 10.4 Å². The van der Waals surface area contributed by atoms with Crippen LogP contribution < -0.4 is 10.7 Å². The van der Waals surface area contributed by atoms with Gasteiger partial charge in [-0.2, -0.15) is 5.10 Å². The first-order valence-corrected chi connectivity index (χ1v) is 6.69. The van der Waals surface area contributed by atoms with E-state index in [0.29, 0.717) is 18.7 Å². The van der Waals surface area contributed by atoms with Crippen LogP contribution in [0.5, 0.6) is 0 Å². The van der Waals surface area contributed by atoms with Gasteiger partial charge in [0, 0.05) is 24.9 Å². The minimum atomic E-state index is -0.530. The van der Waals surface area contributed by atoms with E-state index in [0.717, 1.165) is 5.69 Å². The van der Waals surface area contributed by atoms with Gasteiger partial charge in [-0.15, -0.1) is 0 Å². The summed E-state index contributed by atoms with van der Waals surface area (Å²) in [6.07, 6.45) is 0.435. The second kappa shape index (κ2) is 6.81. The van der Waals surface area contributed by atoms with Crippen LogP contribution in [0.3, 0.4) is 0 Å². The molecule has 21 heavy (non-hydrogen) atoms. The second-order valence-electron chi connectivity index (χ2n) is 4.58.